The minimum atomic E-state index is -0.393. The van der Waals surface area contributed by atoms with Crippen LogP contribution in [0.5, 0.6) is 0 Å². The third-order valence-electron chi connectivity index (χ3n) is 3.02. The topological polar surface area (TPSA) is 70.7 Å². The number of urea groups is 1. The predicted octanol–water partition coefficient (Wildman–Crippen LogP) is -0.695. The highest BCUT2D eigenvalue weighted by Gasteiger charge is 2.30. The maximum absolute atomic E-state index is 11.9. The first kappa shape index (κ1) is 11.2. The summed E-state index contributed by atoms with van der Waals surface area (Å²) in [6.07, 6.45) is 0.847. The van der Waals surface area contributed by atoms with Gasteiger partial charge in [0.05, 0.1) is 12.6 Å². The fraction of sp³-hybridized carbons (Fsp3) is 0.800. The van der Waals surface area contributed by atoms with Crippen molar-refractivity contribution in [1.29, 1.82) is 0 Å². The molecular weight excluding hydrogens is 210 g/mol. The summed E-state index contributed by atoms with van der Waals surface area (Å²) in [6, 6.07) is -0.474. The third kappa shape index (κ3) is 2.27. The molecule has 0 saturated carbocycles. The Morgan fingerprint density at radius 1 is 1.62 bits per heavy atom. The van der Waals surface area contributed by atoms with E-state index >= 15 is 0 Å². The van der Waals surface area contributed by atoms with Gasteiger partial charge in [0, 0.05) is 19.7 Å². The van der Waals surface area contributed by atoms with Crippen LogP contribution in [0.3, 0.4) is 0 Å². The lowest BCUT2D eigenvalue weighted by atomic mass is 10.2. The van der Waals surface area contributed by atoms with Crippen LogP contribution in [0.1, 0.15) is 13.3 Å². The van der Waals surface area contributed by atoms with Gasteiger partial charge in [0.1, 0.15) is 6.04 Å². The summed E-state index contributed by atoms with van der Waals surface area (Å²) in [5, 5.41) is 5.61. The van der Waals surface area contributed by atoms with Crippen LogP contribution in [-0.2, 0) is 9.53 Å². The zero-order valence-corrected chi connectivity index (χ0v) is 9.36. The van der Waals surface area contributed by atoms with Gasteiger partial charge in [0.2, 0.25) is 5.91 Å². The highest BCUT2D eigenvalue weighted by atomic mass is 16.5. The first-order valence-corrected chi connectivity index (χ1v) is 5.61. The number of rotatable bonds is 1. The Morgan fingerprint density at radius 2 is 2.44 bits per heavy atom. The van der Waals surface area contributed by atoms with Gasteiger partial charge in [-0.05, 0) is 13.3 Å². The Bertz CT molecular complexity index is 289. The maximum atomic E-state index is 11.9. The molecule has 2 fully saturated rings. The number of piperazine rings is 1. The van der Waals surface area contributed by atoms with E-state index in [0.29, 0.717) is 26.3 Å². The van der Waals surface area contributed by atoms with E-state index in [1.807, 2.05) is 0 Å². The Balaban J connectivity index is 1.89. The molecule has 3 amide bonds. The molecular formula is C10H17N3O3. The monoisotopic (exact) mass is 227 g/mol. The first-order valence-electron chi connectivity index (χ1n) is 5.61. The number of nitrogens with one attached hydrogen (secondary N) is 2. The molecule has 2 heterocycles. The van der Waals surface area contributed by atoms with Crippen LogP contribution in [0.15, 0.2) is 0 Å². The van der Waals surface area contributed by atoms with Crippen molar-refractivity contribution in [1.82, 2.24) is 15.5 Å². The molecule has 16 heavy (non-hydrogen) atoms. The minimum absolute atomic E-state index is 0.0877. The summed E-state index contributed by atoms with van der Waals surface area (Å²) >= 11 is 0. The largest absolute Gasteiger partial charge is 0.379 e. The van der Waals surface area contributed by atoms with Crippen LogP contribution in [0.2, 0.25) is 0 Å². The van der Waals surface area contributed by atoms with Gasteiger partial charge in [-0.1, -0.05) is 0 Å². The number of carbonyl (C=O) groups excluding carboxylic acids is 2. The van der Waals surface area contributed by atoms with E-state index in [4.69, 9.17) is 4.74 Å². The zero-order valence-electron chi connectivity index (χ0n) is 9.36. The summed E-state index contributed by atoms with van der Waals surface area (Å²) < 4.78 is 5.18. The summed E-state index contributed by atoms with van der Waals surface area (Å²) in [5.74, 6) is -0.0935. The minimum Gasteiger partial charge on any atom is -0.379 e. The first-order chi connectivity index (χ1) is 7.68. The Hall–Kier alpha value is -1.30. The van der Waals surface area contributed by atoms with Crippen molar-refractivity contribution in [3.8, 4) is 0 Å². The fourth-order valence-electron chi connectivity index (χ4n) is 1.97. The molecule has 2 atom stereocenters. The fourth-order valence-corrected chi connectivity index (χ4v) is 1.97. The number of carbonyl (C=O) groups is 2. The summed E-state index contributed by atoms with van der Waals surface area (Å²) in [5.41, 5.74) is 0. The van der Waals surface area contributed by atoms with Gasteiger partial charge in [-0.25, -0.2) is 4.79 Å². The lowest BCUT2D eigenvalue weighted by molar-refractivity contribution is -0.126. The van der Waals surface area contributed by atoms with E-state index in [9.17, 15) is 9.59 Å². The van der Waals surface area contributed by atoms with Crippen molar-refractivity contribution in [2.45, 2.75) is 25.4 Å². The molecule has 0 radical (unpaired) electrons. The van der Waals surface area contributed by atoms with Gasteiger partial charge in [-0.15, -0.1) is 0 Å². The summed E-state index contributed by atoms with van der Waals surface area (Å²) in [4.78, 5) is 24.8. The van der Waals surface area contributed by atoms with E-state index < -0.39 is 6.04 Å². The van der Waals surface area contributed by atoms with Gasteiger partial charge in [-0.3, -0.25) is 4.79 Å². The molecule has 90 valence electrons. The van der Waals surface area contributed by atoms with Crippen LogP contribution in [-0.4, -0.2) is 55.2 Å². The molecule has 2 rings (SSSR count). The van der Waals surface area contributed by atoms with Gasteiger partial charge in [0.25, 0.3) is 0 Å². The second-order valence-electron chi connectivity index (χ2n) is 4.17. The molecule has 6 heteroatoms. The number of hydrogen-bond acceptors (Lipinski definition) is 3. The Labute approximate surface area is 94.3 Å². The number of amides is 3. The average Bonchev–Trinajstić information content (AvgIpc) is 2.74. The molecule has 2 unspecified atom stereocenters. The quantitative estimate of drug-likeness (QED) is 0.622. The van der Waals surface area contributed by atoms with Crippen molar-refractivity contribution in [2.75, 3.05) is 26.3 Å². The Kier molecular flexibility index (Phi) is 3.28. The zero-order chi connectivity index (χ0) is 11.5. The maximum Gasteiger partial charge on any atom is 0.318 e. The average molecular weight is 227 g/mol. The van der Waals surface area contributed by atoms with Crippen molar-refractivity contribution < 1.29 is 14.3 Å². The molecule has 0 aromatic rings. The SMILES string of the molecule is CC1C(=O)NCCN1C(=O)NC1CCOC1. The van der Waals surface area contributed by atoms with Crippen molar-refractivity contribution in [2.24, 2.45) is 0 Å². The summed E-state index contributed by atoms with van der Waals surface area (Å²) in [7, 11) is 0. The van der Waals surface area contributed by atoms with E-state index in [2.05, 4.69) is 10.6 Å². The standard InChI is InChI=1S/C10H17N3O3/c1-7-9(14)11-3-4-13(7)10(15)12-8-2-5-16-6-8/h7-8H,2-6H2,1H3,(H,11,14)(H,12,15). The molecule has 2 aliphatic rings. The normalized spacial score (nSPS) is 30.1. The molecule has 0 aliphatic carbocycles. The molecule has 6 nitrogen and oxygen atoms in total. The van der Waals surface area contributed by atoms with E-state index in [1.165, 1.54) is 0 Å². The van der Waals surface area contributed by atoms with Crippen molar-refractivity contribution in [3.05, 3.63) is 0 Å². The van der Waals surface area contributed by atoms with Crippen LogP contribution < -0.4 is 10.6 Å². The molecule has 0 aromatic carbocycles. The van der Waals surface area contributed by atoms with E-state index in [-0.39, 0.29) is 18.0 Å². The van der Waals surface area contributed by atoms with E-state index in [0.717, 1.165) is 6.42 Å². The lowest BCUT2D eigenvalue weighted by Crippen LogP contribution is -2.59. The smallest absolute Gasteiger partial charge is 0.318 e. The second kappa shape index (κ2) is 4.69. The molecule has 0 bridgehead atoms. The van der Waals surface area contributed by atoms with Crippen molar-refractivity contribution in [3.63, 3.8) is 0 Å². The van der Waals surface area contributed by atoms with E-state index in [1.54, 1.807) is 11.8 Å². The highest BCUT2D eigenvalue weighted by Crippen LogP contribution is 2.07. The molecule has 2 aliphatic heterocycles. The predicted molar refractivity (Wildman–Crippen MR) is 56.9 cm³/mol. The number of ether oxygens (including phenoxy) is 1. The van der Waals surface area contributed by atoms with Crippen LogP contribution in [0.25, 0.3) is 0 Å². The van der Waals surface area contributed by atoms with Crippen LogP contribution in [0.4, 0.5) is 4.79 Å². The summed E-state index contributed by atoms with van der Waals surface area (Å²) in [6.45, 7) is 4.09. The number of hydrogen-bond donors (Lipinski definition) is 2. The molecule has 0 spiro atoms. The third-order valence-corrected chi connectivity index (χ3v) is 3.02. The van der Waals surface area contributed by atoms with Crippen LogP contribution >= 0.6 is 0 Å². The highest BCUT2D eigenvalue weighted by molar-refractivity contribution is 5.87. The number of nitrogens with zero attached hydrogens (tertiary/aromatic N) is 1. The van der Waals surface area contributed by atoms with Crippen LogP contribution in [0, 0.1) is 0 Å². The molecule has 0 aromatic heterocycles. The van der Waals surface area contributed by atoms with Gasteiger partial charge in [-0.2, -0.15) is 0 Å². The van der Waals surface area contributed by atoms with Gasteiger partial charge < -0.3 is 20.3 Å². The van der Waals surface area contributed by atoms with Gasteiger partial charge >= 0.3 is 6.03 Å². The lowest BCUT2D eigenvalue weighted by Gasteiger charge is -2.33. The van der Waals surface area contributed by atoms with Gasteiger partial charge in [0.15, 0.2) is 0 Å². The molecule has 2 saturated heterocycles. The molecule has 2 N–H and O–H groups in total. The van der Waals surface area contributed by atoms with Crippen molar-refractivity contribution >= 4 is 11.9 Å². The Morgan fingerprint density at radius 3 is 3.12 bits per heavy atom. The second-order valence-corrected chi connectivity index (χ2v) is 4.17.